The molecule has 0 amide bonds. The van der Waals surface area contributed by atoms with Crippen LogP contribution in [0.4, 0.5) is 0 Å². The maximum absolute atomic E-state index is 4.64. The zero-order valence-electron chi connectivity index (χ0n) is 9.67. The topological polar surface area (TPSA) is 38.7 Å². The average Bonchev–Trinajstić information content (AvgIpc) is 3.01. The lowest BCUT2D eigenvalue weighted by Crippen LogP contribution is -2.03. The van der Waals surface area contributed by atoms with Crippen LogP contribution < -0.4 is 0 Å². The molecule has 1 aliphatic rings. The van der Waals surface area contributed by atoms with Crippen molar-refractivity contribution in [3.63, 3.8) is 0 Å². The number of hydrogen-bond acceptors (Lipinski definition) is 4. The molecule has 0 radical (unpaired) electrons. The lowest BCUT2D eigenvalue weighted by molar-refractivity contribution is 0.530. The van der Waals surface area contributed by atoms with Crippen molar-refractivity contribution in [3.05, 3.63) is 29.8 Å². The van der Waals surface area contributed by atoms with Crippen LogP contribution in [0.15, 0.2) is 24.0 Å². The second kappa shape index (κ2) is 4.92. The van der Waals surface area contributed by atoms with Gasteiger partial charge in [0, 0.05) is 18.8 Å². The summed E-state index contributed by atoms with van der Waals surface area (Å²) in [7, 11) is 0. The van der Waals surface area contributed by atoms with Gasteiger partial charge in [-0.2, -0.15) is 0 Å². The van der Waals surface area contributed by atoms with Gasteiger partial charge in [-0.3, -0.25) is 4.98 Å². The molecule has 1 saturated carbocycles. The fourth-order valence-electron chi connectivity index (χ4n) is 2.45. The molecule has 3 nitrogen and oxygen atoms in total. The maximum atomic E-state index is 4.64. The predicted octanol–water partition coefficient (Wildman–Crippen LogP) is 3.33. The van der Waals surface area contributed by atoms with E-state index in [0.717, 1.165) is 28.7 Å². The molecule has 2 aromatic rings. The van der Waals surface area contributed by atoms with Crippen LogP contribution in [0.1, 0.15) is 31.5 Å². The van der Waals surface area contributed by atoms with Crippen LogP contribution in [0.25, 0.3) is 10.6 Å². The van der Waals surface area contributed by atoms with Crippen LogP contribution in [-0.4, -0.2) is 15.0 Å². The van der Waals surface area contributed by atoms with Gasteiger partial charge in [-0.05, 0) is 12.0 Å². The summed E-state index contributed by atoms with van der Waals surface area (Å²) < 4.78 is 0. The van der Waals surface area contributed by atoms with Gasteiger partial charge in [0.05, 0.1) is 16.1 Å². The van der Waals surface area contributed by atoms with Crippen molar-refractivity contribution in [2.75, 3.05) is 0 Å². The molecule has 2 aromatic heterocycles. The first-order chi connectivity index (χ1) is 8.42. The third-order valence-corrected chi connectivity index (χ3v) is 4.13. The second-order valence-electron chi connectivity index (χ2n) is 4.58. The third-order valence-electron chi connectivity index (χ3n) is 3.34. The van der Waals surface area contributed by atoms with E-state index in [1.807, 2.05) is 24.0 Å². The summed E-state index contributed by atoms with van der Waals surface area (Å²) >= 11 is 1.63. The molecular weight excluding hydrogens is 230 g/mol. The smallest absolute Gasteiger partial charge is 0.129 e. The highest BCUT2D eigenvalue weighted by Crippen LogP contribution is 2.28. The van der Waals surface area contributed by atoms with E-state index in [0.29, 0.717) is 0 Å². The van der Waals surface area contributed by atoms with Crippen molar-refractivity contribution in [3.8, 4) is 10.6 Å². The molecule has 4 heteroatoms. The quantitative estimate of drug-likeness (QED) is 0.832. The normalized spacial score (nSPS) is 16.5. The Bertz CT molecular complexity index is 475. The Kier molecular flexibility index (Phi) is 3.14. The van der Waals surface area contributed by atoms with Gasteiger partial charge >= 0.3 is 0 Å². The minimum absolute atomic E-state index is 0.798. The Morgan fingerprint density at radius 2 is 2.18 bits per heavy atom. The lowest BCUT2D eigenvalue weighted by Gasteiger charge is -2.07. The summed E-state index contributed by atoms with van der Waals surface area (Å²) in [6.07, 6.45) is 10.2. The van der Waals surface area contributed by atoms with Gasteiger partial charge in [-0.15, -0.1) is 11.3 Å². The molecule has 2 heterocycles. The molecule has 0 spiro atoms. The summed E-state index contributed by atoms with van der Waals surface area (Å²) in [6.45, 7) is 0. The Labute approximate surface area is 105 Å². The van der Waals surface area contributed by atoms with Gasteiger partial charge < -0.3 is 0 Å². The molecule has 0 saturated heterocycles. The van der Waals surface area contributed by atoms with E-state index >= 15 is 0 Å². The van der Waals surface area contributed by atoms with Gasteiger partial charge in [-0.25, -0.2) is 9.97 Å². The van der Waals surface area contributed by atoms with Crippen molar-refractivity contribution in [1.82, 2.24) is 15.0 Å². The van der Waals surface area contributed by atoms with Gasteiger partial charge in [0.25, 0.3) is 0 Å². The zero-order valence-corrected chi connectivity index (χ0v) is 10.5. The SMILES string of the molecule is c1cc(-c2cncs2)nc(CC2CCCC2)n1. The van der Waals surface area contributed by atoms with E-state index in [1.54, 1.807) is 11.3 Å². The summed E-state index contributed by atoms with van der Waals surface area (Å²) in [6, 6.07) is 1.96. The maximum Gasteiger partial charge on any atom is 0.129 e. The zero-order chi connectivity index (χ0) is 11.5. The van der Waals surface area contributed by atoms with Crippen molar-refractivity contribution < 1.29 is 0 Å². The van der Waals surface area contributed by atoms with E-state index in [9.17, 15) is 0 Å². The Balaban J connectivity index is 1.79. The van der Waals surface area contributed by atoms with Crippen LogP contribution in [0.3, 0.4) is 0 Å². The van der Waals surface area contributed by atoms with Crippen molar-refractivity contribution in [2.24, 2.45) is 5.92 Å². The largest absolute Gasteiger partial charge is 0.252 e. The highest BCUT2D eigenvalue weighted by molar-refractivity contribution is 7.13. The number of rotatable bonds is 3. The van der Waals surface area contributed by atoms with E-state index in [-0.39, 0.29) is 0 Å². The third kappa shape index (κ3) is 2.52. The molecule has 88 valence electrons. The highest BCUT2D eigenvalue weighted by Gasteiger charge is 2.17. The Hall–Kier alpha value is -1.29. The van der Waals surface area contributed by atoms with E-state index in [2.05, 4.69) is 15.0 Å². The van der Waals surface area contributed by atoms with Gasteiger partial charge in [0.1, 0.15) is 5.82 Å². The molecule has 0 aliphatic heterocycles. The van der Waals surface area contributed by atoms with Crippen molar-refractivity contribution in [2.45, 2.75) is 32.1 Å². The fourth-order valence-corrected chi connectivity index (χ4v) is 3.04. The second-order valence-corrected chi connectivity index (χ2v) is 5.46. The fraction of sp³-hybridized carbons (Fsp3) is 0.462. The number of hydrogen-bond donors (Lipinski definition) is 0. The minimum atomic E-state index is 0.798. The van der Waals surface area contributed by atoms with Crippen LogP contribution >= 0.6 is 11.3 Å². The van der Waals surface area contributed by atoms with Crippen LogP contribution in [0, 0.1) is 5.92 Å². The predicted molar refractivity (Wildman–Crippen MR) is 68.8 cm³/mol. The van der Waals surface area contributed by atoms with E-state index < -0.39 is 0 Å². The van der Waals surface area contributed by atoms with E-state index in [1.165, 1.54) is 25.7 Å². The number of aromatic nitrogens is 3. The molecule has 17 heavy (non-hydrogen) atoms. The molecular formula is C13H15N3S. The van der Waals surface area contributed by atoms with Crippen LogP contribution in [-0.2, 0) is 6.42 Å². The van der Waals surface area contributed by atoms with Gasteiger partial charge in [0.15, 0.2) is 0 Å². The monoisotopic (exact) mass is 245 g/mol. The number of nitrogens with zero attached hydrogens (tertiary/aromatic N) is 3. The highest BCUT2D eigenvalue weighted by atomic mass is 32.1. The summed E-state index contributed by atoms with van der Waals surface area (Å²) in [5.41, 5.74) is 2.85. The Morgan fingerprint density at radius 3 is 2.94 bits per heavy atom. The molecule has 0 N–H and O–H groups in total. The first-order valence-corrected chi connectivity index (χ1v) is 7.00. The first-order valence-electron chi connectivity index (χ1n) is 6.12. The minimum Gasteiger partial charge on any atom is -0.252 e. The molecule has 1 aliphatic carbocycles. The lowest BCUT2D eigenvalue weighted by atomic mass is 10.0. The van der Waals surface area contributed by atoms with Gasteiger partial charge in [-0.1, -0.05) is 25.7 Å². The van der Waals surface area contributed by atoms with Crippen LogP contribution in [0.2, 0.25) is 0 Å². The summed E-state index contributed by atoms with van der Waals surface area (Å²) in [5, 5.41) is 0. The molecule has 0 unspecified atom stereocenters. The first kappa shape index (κ1) is 10.8. The molecule has 0 atom stereocenters. The molecule has 0 aromatic carbocycles. The van der Waals surface area contributed by atoms with Crippen LogP contribution in [0.5, 0.6) is 0 Å². The summed E-state index contributed by atoms with van der Waals surface area (Å²) in [5.74, 6) is 1.79. The molecule has 3 rings (SSSR count). The van der Waals surface area contributed by atoms with Crippen molar-refractivity contribution >= 4 is 11.3 Å². The number of thiazole rings is 1. The van der Waals surface area contributed by atoms with Gasteiger partial charge in [0.2, 0.25) is 0 Å². The summed E-state index contributed by atoms with van der Waals surface area (Å²) in [4.78, 5) is 14.2. The average molecular weight is 245 g/mol. The molecule has 1 fully saturated rings. The standard InChI is InChI=1S/C13H15N3S/c1-2-4-10(3-1)7-13-15-6-5-11(16-13)12-8-14-9-17-12/h5-6,8-10H,1-4,7H2. The van der Waals surface area contributed by atoms with Crippen molar-refractivity contribution in [1.29, 1.82) is 0 Å². The molecule has 0 bridgehead atoms. The Morgan fingerprint density at radius 1 is 1.29 bits per heavy atom. The van der Waals surface area contributed by atoms with E-state index in [4.69, 9.17) is 0 Å².